The number of hydrogen-bond donors (Lipinski definition) is 1. The summed E-state index contributed by atoms with van der Waals surface area (Å²) >= 11 is 0. The SMILES string of the molecule is Cc1cccc(OCCNC(=O)[C@H]2CCCCN2S(C)(=O)=O)c1. The highest BCUT2D eigenvalue weighted by atomic mass is 32.2. The predicted octanol–water partition coefficient (Wildman–Crippen LogP) is 1.30. The molecule has 7 heteroatoms. The fourth-order valence-corrected chi connectivity index (χ4v) is 3.85. The number of carbonyl (C=O) groups excluding carboxylic acids is 1. The molecule has 1 aromatic carbocycles. The van der Waals surface area contributed by atoms with Gasteiger partial charge in [0.25, 0.3) is 0 Å². The van der Waals surface area contributed by atoms with E-state index in [9.17, 15) is 13.2 Å². The zero-order valence-electron chi connectivity index (χ0n) is 13.6. The number of aryl methyl sites for hydroxylation is 1. The van der Waals surface area contributed by atoms with Crippen molar-refractivity contribution in [2.24, 2.45) is 0 Å². The molecule has 23 heavy (non-hydrogen) atoms. The van der Waals surface area contributed by atoms with Gasteiger partial charge >= 0.3 is 0 Å². The standard InChI is InChI=1S/C16H24N2O4S/c1-13-6-5-7-14(12-13)22-11-9-17-16(19)15-8-3-4-10-18(15)23(2,20)21/h5-7,12,15H,3-4,8-11H2,1-2H3,(H,17,19)/t15-/m1/s1. The van der Waals surface area contributed by atoms with Crippen molar-refractivity contribution < 1.29 is 17.9 Å². The lowest BCUT2D eigenvalue weighted by molar-refractivity contribution is -0.125. The summed E-state index contributed by atoms with van der Waals surface area (Å²) < 4.78 is 30.4. The van der Waals surface area contributed by atoms with Crippen LogP contribution in [0.25, 0.3) is 0 Å². The van der Waals surface area contributed by atoms with Gasteiger partial charge in [-0.25, -0.2) is 8.42 Å². The first-order valence-corrected chi connectivity index (χ1v) is 9.67. The highest BCUT2D eigenvalue weighted by molar-refractivity contribution is 7.88. The van der Waals surface area contributed by atoms with E-state index in [1.165, 1.54) is 4.31 Å². The second kappa shape index (κ2) is 7.79. The fraction of sp³-hybridized carbons (Fsp3) is 0.562. The van der Waals surface area contributed by atoms with Crippen molar-refractivity contribution in [2.75, 3.05) is 26.0 Å². The molecule has 2 rings (SSSR count). The van der Waals surface area contributed by atoms with Crippen LogP contribution in [0.3, 0.4) is 0 Å². The van der Waals surface area contributed by atoms with Crippen molar-refractivity contribution in [2.45, 2.75) is 32.2 Å². The van der Waals surface area contributed by atoms with E-state index in [-0.39, 0.29) is 5.91 Å². The molecule has 0 saturated carbocycles. The molecule has 0 bridgehead atoms. The van der Waals surface area contributed by atoms with Crippen LogP contribution in [-0.2, 0) is 14.8 Å². The summed E-state index contributed by atoms with van der Waals surface area (Å²) in [5.74, 6) is 0.512. The molecule has 0 radical (unpaired) electrons. The maximum atomic E-state index is 12.2. The van der Waals surface area contributed by atoms with Gasteiger partial charge in [-0.3, -0.25) is 4.79 Å². The first-order valence-electron chi connectivity index (χ1n) is 7.82. The Balaban J connectivity index is 1.81. The van der Waals surface area contributed by atoms with Gasteiger partial charge in [0.15, 0.2) is 0 Å². The average Bonchev–Trinajstić information content (AvgIpc) is 2.50. The van der Waals surface area contributed by atoms with Gasteiger partial charge in [-0.2, -0.15) is 4.31 Å². The number of nitrogens with zero attached hydrogens (tertiary/aromatic N) is 1. The molecule has 128 valence electrons. The van der Waals surface area contributed by atoms with E-state index in [1.54, 1.807) is 0 Å². The monoisotopic (exact) mass is 340 g/mol. The highest BCUT2D eigenvalue weighted by Gasteiger charge is 2.34. The Labute approximate surface area is 137 Å². The largest absolute Gasteiger partial charge is 0.492 e. The van der Waals surface area contributed by atoms with Crippen LogP contribution in [0.4, 0.5) is 0 Å². The van der Waals surface area contributed by atoms with Crippen LogP contribution in [0.2, 0.25) is 0 Å². The fourth-order valence-electron chi connectivity index (χ4n) is 2.73. The minimum absolute atomic E-state index is 0.247. The van der Waals surface area contributed by atoms with Gasteiger partial charge in [-0.15, -0.1) is 0 Å². The number of carbonyl (C=O) groups is 1. The Morgan fingerprint density at radius 2 is 2.17 bits per heavy atom. The van der Waals surface area contributed by atoms with Crippen molar-refractivity contribution in [3.8, 4) is 5.75 Å². The average molecular weight is 340 g/mol. The Bertz CT molecular complexity index is 645. The highest BCUT2D eigenvalue weighted by Crippen LogP contribution is 2.20. The van der Waals surface area contributed by atoms with Gasteiger partial charge in [0.05, 0.1) is 12.8 Å². The zero-order valence-corrected chi connectivity index (χ0v) is 14.4. The molecule has 1 aliphatic heterocycles. The molecular weight excluding hydrogens is 316 g/mol. The molecule has 0 aliphatic carbocycles. The van der Waals surface area contributed by atoms with Gasteiger partial charge in [0.1, 0.15) is 18.4 Å². The Morgan fingerprint density at radius 3 is 2.87 bits per heavy atom. The number of rotatable bonds is 6. The third-order valence-electron chi connectivity index (χ3n) is 3.84. The summed E-state index contributed by atoms with van der Waals surface area (Å²) in [5, 5.41) is 2.77. The van der Waals surface area contributed by atoms with Crippen molar-refractivity contribution in [1.82, 2.24) is 9.62 Å². The van der Waals surface area contributed by atoms with Gasteiger partial charge in [0, 0.05) is 6.54 Å². The molecule has 1 amide bonds. The molecule has 1 heterocycles. The van der Waals surface area contributed by atoms with Gasteiger partial charge in [-0.1, -0.05) is 18.6 Å². The molecule has 1 aromatic rings. The maximum Gasteiger partial charge on any atom is 0.238 e. The lowest BCUT2D eigenvalue weighted by Crippen LogP contribution is -2.52. The van der Waals surface area contributed by atoms with E-state index in [0.29, 0.717) is 26.1 Å². The topological polar surface area (TPSA) is 75.7 Å². The molecule has 1 atom stereocenters. The van der Waals surface area contributed by atoms with Crippen molar-refractivity contribution in [1.29, 1.82) is 0 Å². The van der Waals surface area contributed by atoms with Crippen LogP contribution in [0.5, 0.6) is 5.75 Å². The van der Waals surface area contributed by atoms with Gasteiger partial charge < -0.3 is 10.1 Å². The summed E-state index contributed by atoms with van der Waals surface area (Å²) in [6.45, 7) is 3.09. The normalized spacial score (nSPS) is 19.3. The second-order valence-corrected chi connectivity index (χ2v) is 7.78. The van der Waals surface area contributed by atoms with E-state index in [0.717, 1.165) is 30.4 Å². The molecule has 0 aromatic heterocycles. The first kappa shape index (κ1) is 17.7. The summed E-state index contributed by atoms with van der Waals surface area (Å²) in [7, 11) is -3.36. The van der Waals surface area contributed by atoms with Crippen LogP contribution >= 0.6 is 0 Å². The number of nitrogens with one attached hydrogen (secondary N) is 1. The summed E-state index contributed by atoms with van der Waals surface area (Å²) in [6, 6.07) is 7.08. The first-order chi connectivity index (χ1) is 10.9. The molecule has 0 spiro atoms. The van der Waals surface area contributed by atoms with Crippen LogP contribution in [0, 0.1) is 6.92 Å². The Morgan fingerprint density at radius 1 is 1.39 bits per heavy atom. The number of amides is 1. The van der Waals surface area contributed by atoms with Crippen LogP contribution in [-0.4, -0.2) is 50.6 Å². The Kier molecular flexibility index (Phi) is 6.01. The molecule has 1 fully saturated rings. The van der Waals surface area contributed by atoms with Gasteiger partial charge in [-0.05, 0) is 37.5 Å². The van der Waals surface area contributed by atoms with Crippen LogP contribution in [0.1, 0.15) is 24.8 Å². The van der Waals surface area contributed by atoms with E-state index in [2.05, 4.69) is 5.32 Å². The molecule has 0 unspecified atom stereocenters. The van der Waals surface area contributed by atoms with E-state index >= 15 is 0 Å². The molecule has 1 saturated heterocycles. The minimum atomic E-state index is -3.36. The van der Waals surface area contributed by atoms with E-state index in [4.69, 9.17) is 4.74 Å². The lowest BCUT2D eigenvalue weighted by Gasteiger charge is -2.32. The maximum absolute atomic E-state index is 12.2. The molecule has 1 N–H and O–H groups in total. The molecule has 6 nitrogen and oxygen atoms in total. The summed E-state index contributed by atoms with van der Waals surface area (Å²) in [5.41, 5.74) is 1.11. The van der Waals surface area contributed by atoms with Crippen LogP contribution < -0.4 is 10.1 Å². The second-order valence-electron chi connectivity index (χ2n) is 5.84. The number of hydrogen-bond acceptors (Lipinski definition) is 4. The van der Waals surface area contributed by atoms with E-state index in [1.807, 2.05) is 31.2 Å². The smallest absolute Gasteiger partial charge is 0.238 e. The van der Waals surface area contributed by atoms with Crippen LogP contribution in [0.15, 0.2) is 24.3 Å². The predicted molar refractivity (Wildman–Crippen MR) is 88.9 cm³/mol. The van der Waals surface area contributed by atoms with Gasteiger partial charge in [0.2, 0.25) is 15.9 Å². The number of sulfonamides is 1. The molecular formula is C16H24N2O4S. The van der Waals surface area contributed by atoms with Crippen molar-refractivity contribution >= 4 is 15.9 Å². The minimum Gasteiger partial charge on any atom is -0.492 e. The summed E-state index contributed by atoms with van der Waals surface area (Å²) in [4.78, 5) is 12.2. The lowest BCUT2D eigenvalue weighted by atomic mass is 10.0. The van der Waals surface area contributed by atoms with Crippen molar-refractivity contribution in [3.63, 3.8) is 0 Å². The quantitative estimate of drug-likeness (QED) is 0.792. The third kappa shape index (κ3) is 5.21. The number of benzene rings is 1. The van der Waals surface area contributed by atoms with Crippen molar-refractivity contribution in [3.05, 3.63) is 29.8 Å². The molecule has 1 aliphatic rings. The number of ether oxygens (including phenoxy) is 1. The summed E-state index contributed by atoms with van der Waals surface area (Å²) in [6.07, 6.45) is 3.38. The third-order valence-corrected chi connectivity index (χ3v) is 5.13. The van der Waals surface area contributed by atoms with E-state index < -0.39 is 16.1 Å². The Hall–Kier alpha value is -1.60. The number of piperidine rings is 1. The zero-order chi connectivity index (χ0) is 16.9.